The van der Waals surface area contributed by atoms with E-state index in [0.29, 0.717) is 12.6 Å². The van der Waals surface area contributed by atoms with Gasteiger partial charge in [0.25, 0.3) is 0 Å². The average Bonchev–Trinajstić information content (AvgIpc) is 2.30. The fraction of sp³-hybridized carbons (Fsp3) is 1.00. The third-order valence-corrected chi connectivity index (χ3v) is 4.61. The van der Waals surface area contributed by atoms with Crippen molar-refractivity contribution in [2.75, 3.05) is 25.4 Å². The predicted octanol–water partition coefficient (Wildman–Crippen LogP) is 3.09. The van der Waals surface area contributed by atoms with Crippen LogP contribution in [-0.4, -0.2) is 47.4 Å². The van der Waals surface area contributed by atoms with Gasteiger partial charge < -0.3 is 5.32 Å². The highest BCUT2D eigenvalue weighted by atomic mass is 32.2. The Labute approximate surface area is 112 Å². The number of thioether (sulfide) groups is 1. The maximum Gasteiger partial charge on any atom is 0.441 e. The molecule has 0 aromatic heterocycles. The van der Waals surface area contributed by atoms with Crippen LogP contribution in [0.2, 0.25) is 0 Å². The summed E-state index contributed by atoms with van der Waals surface area (Å²) < 4.78 is 36.4. The fourth-order valence-electron chi connectivity index (χ4n) is 2.40. The number of rotatable bonds is 5. The van der Waals surface area contributed by atoms with Gasteiger partial charge in [0.05, 0.1) is 0 Å². The molecule has 108 valence electrons. The molecule has 0 aromatic carbocycles. The molecule has 18 heavy (non-hydrogen) atoms. The highest BCUT2D eigenvalue weighted by Crippen LogP contribution is 2.30. The number of hydrogen-bond acceptors (Lipinski definition) is 3. The Kier molecular flexibility index (Phi) is 5.80. The van der Waals surface area contributed by atoms with Gasteiger partial charge in [0.2, 0.25) is 0 Å². The number of nitrogens with zero attached hydrogens (tertiary/aromatic N) is 1. The molecule has 0 aromatic rings. The Morgan fingerprint density at radius 3 is 2.44 bits per heavy atom. The van der Waals surface area contributed by atoms with E-state index in [2.05, 4.69) is 31.0 Å². The van der Waals surface area contributed by atoms with Crippen molar-refractivity contribution in [3.05, 3.63) is 0 Å². The molecule has 1 unspecified atom stereocenters. The van der Waals surface area contributed by atoms with Gasteiger partial charge in [-0.25, -0.2) is 0 Å². The number of hydrogen-bond donors (Lipinski definition) is 1. The van der Waals surface area contributed by atoms with Gasteiger partial charge in [-0.15, -0.1) is 0 Å². The van der Waals surface area contributed by atoms with E-state index in [-0.39, 0.29) is 23.1 Å². The summed E-state index contributed by atoms with van der Waals surface area (Å²) in [4.78, 5) is 2.18. The van der Waals surface area contributed by atoms with E-state index in [9.17, 15) is 13.2 Å². The zero-order valence-corrected chi connectivity index (χ0v) is 12.1. The van der Waals surface area contributed by atoms with Crippen molar-refractivity contribution >= 4 is 11.8 Å². The summed E-state index contributed by atoms with van der Waals surface area (Å²) >= 11 is 0.0825. The van der Waals surface area contributed by atoms with Crippen molar-refractivity contribution in [2.24, 2.45) is 0 Å². The molecular weight excluding hydrogens is 261 g/mol. The van der Waals surface area contributed by atoms with E-state index in [0.717, 1.165) is 25.9 Å². The molecule has 0 bridgehead atoms. The van der Waals surface area contributed by atoms with Crippen molar-refractivity contribution in [2.45, 2.75) is 50.7 Å². The van der Waals surface area contributed by atoms with Crippen molar-refractivity contribution in [3.63, 3.8) is 0 Å². The Morgan fingerprint density at radius 2 is 1.94 bits per heavy atom. The van der Waals surface area contributed by atoms with Gasteiger partial charge in [0.15, 0.2) is 0 Å². The molecule has 1 rings (SSSR count). The summed E-state index contributed by atoms with van der Waals surface area (Å²) in [6.45, 7) is 8.55. The first-order chi connectivity index (χ1) is 8.32. The quantitative estimate of drug-likeness (QED) is 0.835. The molecule has 0 aliphatic carbocycles. The van der Waals surface area contributed by atoms with E-state index in [4.69, 9.17) is 0 Å². The summed E-state index contributed by atoms with van der Waals surface area (Å²) in [6, 6.07) is 0.310. The molecule has 1 heterocycles. The number of piperazine rings is 1. The molecule has 1 atom stereocenters. The molecular formula is C12H23F3N2S. The summed E-state index contributed by atoms with van der Waals surface area (Å²) in [5.41, 5.74) is -4.03. The molecule has 2 nitrogen and oxygen atoms in total. The minimum atomic E-state index is -4.11. The highest BCUT2D eigenvalue weighted by Gasteiger charge is 2.35. The molecule has 0 amide bonds. The van der Waals surface area contributed by atoms with Crippen LogP contribution in [0, 0.1) is 0 Å². The molecule has 1 aliphatic heterocycles. The van der Waals surface area contributed by atoms with E-state index in [1.54, 1.807) is 0 Å². The maximum absolute atomic E-state index is 12.1. The number of alkyl halides is 3. The average molecular weight is 284 g/mol. The van der Waals surface area contributed by atoms with Crippen LogP contribution in [0.5, 0.6) is 0 Å². The Balaban J connectivity index is 2.47. The molecule has 1 saturated heterocycles. The minimum absolute atomic E-state index is 0.0788. The third-order valence-electron chi connectivity index (χ3n) is 3.90. The summed E-state index contributed by atoms with van der Waals surface area (Å²) in [5.74, 6) is 0.122. The summed E-state index contributed by atoms with van der Waals surface area (Å²) in [6.07, 6.45) is 2.03. The standard InChI is InChI=1S/C12H23F3N2S/c1-4-11(5-2)9-17(10(3)8-16-11)6-7-18-12(13,14)15/h10,16H,4-9H2,1-3H3. The normalized spacial score (nSPS) is 25.3. The van der Waals surface area contributed by atoms with E-state index in [1.165, 1.54) is 0 Å². The lowest BCUT2D eigenvalue weighted by Gasteiger charge is -2.46. The zero-order valence-electron chi connectivity index (χ0n) is 11.3. The van der Waals surface area contributed by atoms with Crippen LogP contribution in [0.15, 0.2) is 0 Å². The van der Waals surface area contributed by atoms with Crippen LogP contribution in [0.4, 0.5) is 13.2 Å². The first-order valence-electron chi connectivity index (χ1n) is 6.51. The van der Waals surface area contributed by atoms with E-state index < -0.39 is 5.51 Å². The van der Waals surface area contributed by atoms with Gasteiger partial charge in [-0.2, -0.15) is 13.2 Å². The molecule has 1 N–H and O–H groups in total. The second-order valence-electron chi connectivity index (χ2n) is 4.98. The first-order valence-corrected chi connectivity index (χ1v) is 7.50. The van der Waals surface area contributed by atoms with Crippen molar-refractivity contribution < 1.29 is 13.2 Å². The minimum Gasteiger partial charge on any atom is -0.308 e. The van der Waals surface area contributed by atoms with Crippen LogP contribution in [0.25, 0.3) is 0 Å². The van der Waals surface area contributed by atoms with Crippen LogP contribution in [0.1, 0.15) is 33.6 Å². The van der Waals surface area contributed by atoms with Crippen LogP contribution in [0.3, 0.4) is 0 Å². The molecule has 0 spiro atoms. The van der Waals surface area contributed by atoms with E-state index in [1.807, 2.05) is 0 Å². The summed E-state index contributed by atoms with van der Waals surface area (Å²) in [7, 11) is 0. The third kappa shape index (κ3) is 4.63. The van der Waals surface area contributed by atoms with Crippen LogP contribution in [-0.2, 0) is 0 Å². The fourth-order valence-corrected chi connectivity index (χ4v) is 2.95. The lowest BCUT2D eigenvalue weighted by atomic mass is 9.89. The van der Waals surface area contributed by atoms with Crippen molar-refractivity contribution in [1.82, 2.24) is 10.2 Å². The highest BCUT2D eigenvalue weighted by molar-refractivity contribution is 8.00. The predicted molar refractivity (Wildman–Crippen MR) is 70.9 cm³/mol. The smallest absolute Gasteiger partial charge is 0.308 e. The Morgan fingerprint density at radius 1 is 1.33 bits per heavy atom. The largest absolute Gasteiger partial charge is 0.441 e. The topological polar surface area (TPSA) is 15.3 Å². The van der Waals surface area contributed by atoms with Crippen LogP contribution < -0.4 is 5.32 Å². The number of halogens is 3. The van der Waals surface area contributed by atoms with Crippen molar-refractivity contribution in [1.29, 1.82) is 0 Å². The molecule has 1 aliphatic rings. The number of nitrogens with one attached hydrogen (secondary N) is 1. The molecule has 6 heteroatoms. The van der Waals surface area contributed by atoms with Gasteiger partial charge in [0.1, 0.15) is 0 Å². The van der Waals surface area contributed by atoms with Gasteiger partial charge in [-0.1, -0.05) is 13.8 Å². The lowest BCUT2D eigenvalue weighted by Crippen LogP contribution is -2.63. The molecule has 1 fully saturated rings. The maximum atomic E-state index is 12.1. The Hall–Kier alpha value is 0.0600. The second kappa shape index (κ2) is 6.48. The van der Waals surface area contributed by atoms with Gasteiger partial charge in [0, 0.05) is 37.0 Å². The molecule has 0 saturated carbocycles. The van der Waals surface area contributed by atoms with Gasteiger partial charge in [-0.3, -0.25) is 4.90 Å². The van der Waals surface area contributed by atoms with Gasteiger partial charge >= 0.3 is 5.51 Å². The molecule has 0 radical (unpaired) electrons. The first kappa shape index (κ1) is 16.1. The van der Waals surface area contributed by atoms with E-state index >= 15 is 0 Å². The monoisotopic (exact) mass is 284 g/mol. The SMILES string of the molecule is CCC1(CC)CN(CCSC(F)(F)F)C(C)CN1. The van der Waals surface area contributed by atoms with Crippen molar-refractivity contribution in [3.8, 4) is 0 Å². The lowest BCUT2D eigenvalue weighted by molar-refractivity contribution is -0.0330. The zero-order chi connectivity index (χ0) is 13.8. The summed E-state index contributed by atoms with van der Waals surface area (Å²) in [5, 5.41) is 3.55. The second-order valence-corrected chi connectivity index (χ2v) is 6.14. The Bertz CT molecular complexity index is 254. The van der Waals surface area contributed by atoms with Gasteiger partial charge in [-0.05, 0) is 31.5 Å². The van der Waals surface area contributed by atoms with Crippen LogP contribution >= 0.6 is 11.8 Å².